The van der Waals surface area contributed by atoms with E-state index < -0.39 is 27.4 Å². The van der Waals surface area contributed by atoms with Crippen molar-refractivity contribution in [1.82, 2.24) is 5.43 Å². The summed E-state index contributed by atoms with van der Waals surface area (Å²) in [5, 5.41) is 14.9. The average molecular weight is 513 g/mol. The standard InChI is InChI=1S/C24H24N4O7S/c1-17(18-9-11-19(12-10-18)28(30)31)25-26-24(29)16-27(36(32,33)21-7-5-4-6-8-21)22-15-20(34-2)13-14-23(22)35-3/h4-15H,16H2,1-3H3,(H,26,29)/b25-17-. The summed E-state index contributed by atoms with van der Waals surface area (Å²) in [5.41, 5.74) is 3.29. The largest absolute Gasteiger partial charge is 0.497 e. The van der Waals surface area contributed by atoms with Crippen LogP contribution in [0.15, 0.2) is 82.8 Å². The summed E-state index contributed by atoms with van der Waals surface area (Å²) in [4.78, 5) is 23.1. The molecule has 12 heteroatoms. The predicted molar refractivity (Wildman–Crippen MR) is 134 cm³/mol. The van der Waals surface area contributed by atoms with Crippen LogP contribution in [0.5, 0.6) is 11.5 Å². The first-order valence-corrected chi connectivity index (χ1v) is 12.0. The number of amides is 1. The minimum atomic E-state index is -4.19. The number of nitrogens with zero attached hydrogens (tertiary/aromatic N) is 3. The monoisotopic (exact) mass is 512 g/mol. The van der Waals surface area contributed by atoms with Crippen molar-refractivity contribution in [1.29, 1.82) is 0 Å². The van der Waals surface area contributed by atoms with Crippen molar-refractivity contribution < 1.29 is 27.6 Å². The second-order valence-corrected chi connectivity index (χ2v) is 9.26. The van der Waals surface area contributed by atoms with Gasteiger partial charge in [-0.05, 0) is 48.9 Å². The summed E-state index contributed by atoms with van der Waals surface area (Å²) in [7, 11) is -1.37. The zero-order valence-electron chi connectivity index (χ0n) is 19.7. The lowest BCUT2D eigenvalue weighted by Crippen LogP contribution is -2.40. The Balaban J connectivity index is 1.93. The van der Waals surface area contributed by atoms with Crippen LogP contribution in [0.1, 0.15) is 12.5 Å². The first-order valence-electron chi connectivity index (χ1n) is 10.5. The summed E-state index contributed by atoms with van der Waals surface area (Å²) < 4.78 is 38.6. The Hall–Kier alpha value is -4.45. The number of hydrazone groups is 1. The average Bonchev–Trinajstić information content (AvgIpc) is 2.90. The molecule has 36 heavy (non-hydrogen) atoms. The maximum absolute atomic E-state index is 13.5. The Bertz CT molecular complexity index is 1380. The number of sulfonamides is 1. The van der Waals surface area contributed by atoms with Gasteiger partial charge in [-0.3, -0.25) is 19.2 Å². The van der Waals surface area contributed by atoms with Gasteiger partial charge in [-0.1, -0.05) is 18.2 Å². The van der Waals surface area contributed by atoms with Gasteiger partial charge in [0.25, 0.3) is 21.6 Å². The lowest BCUT2D eigenvalue weighted by atomic mass is 10.1. The summed E-state index contributed by atoms with van der Waals surface area (Å²) in [6.45, 7) is 0.989. The van der Waals surface area contributed by atoms with Gasteiger partial charge < -0.3 is 9.47 Å². The van der Waals surface area contributed by atoms with Crippen LogP contribution in [-0.2, 0) is 14.8 Å². The quantitative estimate of drug-likeness (QED) is 0.249. The van der Waals surface area contributed by atoms with Gasteiger partial charge in [0.2, 0.25) is 0 Å². The van der Waals surface area contributed by atoms with Crippen molar-refractivity contribution in [3.8, 4) is 11.5 Å². The molecule has 0 unspecified atom stereocenters. The number of hydrogen-bond acceptors (Lipinski definition) is 8. The van der Waals surface area contributed by atoms with Gasteiger partial charge in [0.15, 0.2) is 0 Å². The third-order valence-corrected chi connectivity index (χ3v) is 6.89. The van der Waals surface area contributed by atoms with Gasteiger partial charge >= 0.3 is 0 Å². The number of hydrogen-bond donors (Lipinski definition) is 1. The summed E-state index contributed by atoms with van der Waals surface area (Å²) >= 11 is 0. The number of benzene rings is 3. The molecule has 1 N–H and O–H groups in total. The zero-order valence-corrected chi connectivity index (χ0v) is 20.6. The maximum Gasteiger partial charge on any atom is 0.269 e. The maximum atomic E-state index is 13.5. The molecule has 0 aliphatic heterocycles. The Kier molecular flexibility index (Phi) is 8.22. The molecule has 11 nitrogen and oxygen atoms in total. The number of nitro benzene ring substituents is 1. The number of ether oxygens (including phenoxy) is 2. The van der Waals surface area contributed by atoms with Crippen molar-refractivity contribution in [3.63, 3.8) is 0 Å². The molecule has 0 saturated carbocycles. The molecular weight excluding hydrogens is 488 g/mol. The van der Waals surface area contributed by atoms with Crippen molar-refractivity contribution in [2.24, 2.45) is 5.10 Å². The van der Waals surface area contributed by atoms with E-state index in [1.807, 2.05) is 0 Å². The first kappa shape index (κ1) is 26.2. The minimum absolute atomic E-state index is 0.0202. The minimum Gasteiger partial charge on any atom is -0.497 e. The lowest BCUT2D eigenvalue weighted by Gasteiger charge is -2.25. The molecule has 0 radical (unpaired) electrons. The summed E-state index contributed by atoms with van der Waals surface area (Å²) in [5.74, 6) is -0.138. The first-order chi connectivity index (χ1) is 17.2. The molecule has 3 aromatic carbocycles. The van der Waals surface area contributed by atoms with E-state index in [4.69, 9.17) is 9.47 Å². The van der Waals surface area contributed by atoms with E-state index in [0.717, 1.165) is 4.31 Å². The molecule has 0 heterocycles. The Labute approximate surface area is 208 Å². The second kappa shape index (κ2) is 11.3. The van der Waals surface area contributed by atoms with E-state index in [1.54, 1.807) is 31.2 Å². The fraction of sp³-hybridized carbons (Fsp3) is 0.167. The molecule has 3 aromatic rings. The molecule has 0 aliphatic carbocycles. The van der Waals surface area contributed by atoms with Crippen molar-refractivity contribution in [3.05, 3.63) is 88.5 Å². The van der Waals surface area contributed by atoms with Gasteiger partial charge in [-0.15, -0.1) is 0 Å². The third kappa shape index (κ3) is 5.96. The Morgan fingerprint density at radius 3 is 2.28 bits per heavy atom. The number of nitro groups is 1. The van der Waals surface area contributed by atoms with E-state index >= 15 is 0 Å². The normalized spacial score (nSPS) is 11.5. The van der Waals surface area contributed by atoms with Gasteiger partial charge in [-0.25, -0.2) is 13.8 Å². The molecule has 3 rings (SSSR count). The van der Waals surface area contributed by atoms with E-state index in [2.05, 4.69) is 10.5 Å². The molecule has 1 amide bonds. The fourth-order valence-electron chi connectivity index (χ4n) is 3.21. The van der Waals surface area contributed by atoms with Crippen LogP contribution in [0.4, 0.5) is 11.4 Å². The van der Waals surface area contributed by atoms with Gasteiger partial charge in [0, 0.05) is 18.2 Å². The van der Waals surface area contributed by atoms with Crippen molar-refractivity contribution in [2.75, 3.05) is 25.1 Å². The number of methoxy groups -OCH3 is 2. The molecule has 0 aliphatic rings. The van der Waals surface area contributed by atoms with Crippen LogP contribution in [-0.4, -0.2) is 45.7 Å². The number of non-ortho nitro benzene ring substituents is 1. The topological polar surface area (TPSA) is 140 Å². The number of anilines is 1. The van der Waals surface area contributed by atoms with Crippen LogP contribution >= 0.6 is 0 Å². The third-order valence-electron chi connectivity index (χ3n) is 5.12. The van der Waals surface area contributed by atoms with Crippen molar-refractivity contribution >= 4 is 33.0 Å². The van der Waals surface area contributed by atoms with Gasteiger partial charge in [0.1, 0.15) is 18.0 Å². The SMILES string of the molecule is COc1ccc(OC)c(N(CC(=O)N/N=C(/C)c2ccc([N+](=O)[O-])cc2)S(=O)(=O)c2ccccc2)c1. The van der Waals surface area contributed by atoms with Gasteiger partial charge in [0.05, 0.1) is 35.4 Å². The van der Waals surface area contributed by atoms with Crippen LogP contribution < -0.4 is 19.2 Å². The van der Waals surface area contributed by atoms with Crippen LogP contribution in [0.2, 0.25) is 0 Å². The second-order valence-electron chi connectivity index (χ2n) is 7.40. The number of carbonyl (C=O) groups is 1. The van der Waals surface area contributed by atoms with Crippen molar-refractivity contribution in [2.45, 2.75) is 11.8 Å². The molecule has 0 fully saturated rings. The number of nitrogens with one attached hydrogen (secondary N) is 1. The predicted octanol–water partition coefficient (Wildman–Crippen LogP) is 3.35. The molecule has 0 aromatic heterocycles. The molecule has 0 bridgehead atoms. The molecule has 0 saturated heterocycles. The van der Waals surface area contributed by atoms with E-state index in [9.17, 15) is 23.3 Å². The van der Waals surface area contributed by atoms with Crippen LogP contribution in [0.25, 0.3) is 0 Å². The highest BCUT2D eigenvalue weighted by Gasteiger charge is 2.30. The highest BCUT2D eigenvalue weighted by Crippen LogP contribution is 2.35. The molecule has 0 spiro atoms. The van der Waals surface area contributed by atoms with Gasteiger partial charge in [-0.2, -0.15) is 5.10 Å². The van der Waals surface area contributed by atoms with Crippen LogP contribution in [0, 0.1) is 10.1 Å². The zero-order chi connectivity index (χ0) is 26.3. The fourth-order valence-corrected chi connectivity index (χ4v) is 4.66. The molecular formula is C24H24N4O7S. The van der Waals surface area contributed by atoms with E-state index in [0.29, 0.717) is 17.0 Å². The summed E-state index contributed by atoms with van der Waals surface area (Å²) in [6, 6.07) is 17.9. The Morgan fingerprint density at radius 2 is 1.69 bits per heavy atom. The smallest absolute Gasteiger partial charge is 0.269 e. The highest BCUT2D eigenvalue weighted by molar-refractivity contribution is 7.92. The van der Waals surface area contributed by atoms with E-state index in [1.165, 1.54) is 62.8 Å². The highest BCUT2D eigenvalue weighted by atomic mass is 32.2. The molecule has 188 valence electrons. The lowest BCUT2D eigenvalue weighted by molar-refractivity contribution is -0.384. The Morgan fingerprint density at radius 1 is 1.03 bits per heavy atom. The number of carbonyl (C=O) groups excluding carboxylic acids is 1. The number of rotatable bonds is 10. The van der Waals surface area contributed by atoms with Crippen LogP contribution in [0.3, 0.4) is 0 Å². The van der Waals surface area contributed by atoms with E-state index in [-0.39, 0.29) is 22.0 Å². The summed E-state index contributed by atoms with van der Waals surface area (Å²) in [6.07, 6.45) is 0. The molecule has 0 atom stereocenters.